The van der Waals surface area contributed by atoms with E-state index >= 15 is 0 Å². The number of aryl methyl sites for hydroxylation is 1. The van der Waals surface area contributed by atoms with Gasteiger partial charge < -0.3 is 15.4 Å². The van der Waals surface area contributed by atoms with Crippen LogP contribution in [0.2, 0.25) is 0 Å². The Morgan fingerprint density at radius 2 is 1.71 bits per heavy atom. The molecule has 0 radical (unpaired) electrons. The molecule has 5 nitrogen and oxygen atoms in total. The first kappa shape index (κ1) is 19.4. The van der Waals surface area contributed by atoms with E-state index in [1.807, 2.05) is 69.3 Å². The summed E-state index contributed by atoms with van der Waals surface area (Å²) in [6.07, 6.45) is 3.39. The van der Waals surface area contributed by atoms with Gasteiger partial charge in [-0.05, 0) is 56.7 Å². The van der Waals surface area contributed by atoms with Crippen LogP contribution < -0.4 is 15.4 Å². The highest BCUT2D eigenvalue weighted by Gasteiger charge is 2.07. The third kappa shape index (κ3) is 5.58. The van der Waals surface area contributed by atoms with Crippen LogP contribution in [0.1, 0.15) is 35.3 Å². The number of carbonyl (C=O) groups is 1. The van der Waals surface area contributed by atoms with Crippen molar-refractivity contribution in [2.45, 2.75) is 33.4 Å². The van der Waals surface area contributed by atoms with Gasteiger partial charge in [-0.15, -0.1) is 0 Å². The van der Waals surface area contributed by atoms with Gasteiger partial charge in [-0.3, -0.25) is 9.78 Å². The molecule has 28 heavy (non-hydrogen) atoms. The summed E-state index contributed by atoms with van der Waals surface area (Å²) < 4.78 is 5.65. The quantitative estimate of drug-likeness (QED) is 0.620. The molecule has 2 N–H and O–H groups in total. The monoisotopic (exact) mass is 375 g/mol. The Hall–Kier alpha value is -3.34. The van der Waals surface area contributed by atoms with E-state index in [1.165, 1.54) is 5.56 Å². The van der Waals surface area contributed by atoms with Crippen LogP contribution in [0.25, 0.3) is 0 Å². The molecule has 144 valence electrons. The normalized spacial score (nSPS) is 10.6. The summed E-state index contributed by atoms with van der Waals surface area (Å²) in [6, 6.07) is 17.6. The average molecular weight is 375 g/mol. The minimum Gasteiger partial charge on any atom is -0.491 e. The molecule has 5 heteroatoms. The summed E-state index contributed by atoms with van der Waals surface area (Å²) in [5.74, 6) is 0.667. The van der Waals surface area contributed by atoms with Crippen LogP contribution in [-0.4, -0.2) is 17.0 Å². The Morgan fingerprint density at radius 3 is 2.39 bits per heavy atom. The molecule has 0 saturated carbocycles. The molecule has 0 unspecified atom stereocenters. The van der Waals surface area contributed by atoms with E-state index < -0.39 is 0 Å². The largest absolute Gasteiger partial charge is 0.491 e. The number of rotatable bonds is 7. The standard InChI is InChI=1S/C23H25N3O2/c1-16(2)28-22-10-8-20(9-11-22)26-21-12-19(14-24-15-21)23(27)25-13-18-6-4-17(3)5-7-18/h4-12,14-16,26H,13H2,1-3H3,(H,25,27). The molecule has 1 heterocycles. The fourth-order valence-corrected chi connectivity index (χ4v) is 2.68. The van der Waals surface area contributed by atoms with Crippen LogP contribution in [0.5, 0.6) is 5.75 Å². The van der Waals surface area contributed by atoms with Crippen molar-refractivity contribution in [2.24, 2.45) is 0 Å². The number of nitrogens with zero attached hydrogens (tertiary/aromatic N) is 1. The van der Waals surface area contributed by atoms with Crippen molar-refractivity contribution in [3.05, 3.63) is 83.7 Å². The van der Waals surface area contributed by atoms with Crippen molar-refractivity contribution in [2.75, 3.05) is 5.32 Å². The Kier molecular flexibility index (Phi) is 6.27. The fraction of sp³-hybridized carbons (Fsp3) is 0.217. The zero-order valence-corrected chi connectivity index (χ0v) is 16.4. The van der Waals surface area contributed by atoms with Gasteiger partial charge in [0, 0.05) is 18.4 Å². The van der Waals surface area contributed by atoms with E-state index in [4.69, 9.17) is 4.74 Å². The van der Waals surface area contributed by atoms with Crippen molar-refractivity contribution < 1.29 is 9.53 Å². The summed E-state index contributed by atoms with van der Waals surface area (Å²) >= 11 is 0. The first-order valence-corrected chi connectivity index (χ1v) is 9.32. The molecular weight excluding hydrogens is 350 g/mol. The number of nitrogens with one attached hydrogen (secondary N) is 2. The molecule has 3 rings (SSSR count). The van der Waals surface area contributed by atoms with E-state index in [1.54, 1.807) is 18.5 Å². The van der Waals surface area contributed by atoms with Crippen molar-refractivity contribution in [1.29, 1.82) is 0 Å². The van der Waals surface area contributed by atoms with Crippen LogP contribution in [0.3, 0.4) is 0 Å². The van der Waals surface area contributed by atoms with Crippen molar-refractivity contribution >= 4 is 17.3 Å². The van der Waals surface area contributed by atoms with E-state index in [2.05, 4.69) is 15.6 Å². The second-order valence-corrected chi connectivity index (χ2v) is 6.95. The Morgan fingerprint density at radius 1 is 1.00 bits per heavy atom. The first-order valence-electron chi connectivity index (χ1n) is 9.32. The molecule has 0 saturated heterocycles. The molecule has 1 amide bonds. The lowest BCUT2D eigenvalue weighted by Gasteiger charge is -2.11. The third-order valence-electron chi connectivity index (χ3n) is 4.09. The van der Waals surface area contributed by atoms with Crippen LogP contribution in [0, 0.1) is 6.92 Å². The number of benzene rings is 2. The minimum absolute atomic E-state index is 0.137. The molecule has 0 aliphatic heterocycles. The van der Waals surface area contributed by atoms with Gasteiger partial charge in [-0.2, -0.15) is 0 Å². The molecule has 0 spiro atoms. The highest BCUT2D eigenvalue weighted by Crippen LogP contribution is 2.21. The molecule has 0 aliphatic carbocycles. The molecule has 0 bridgehead atoms. The zero-order valence-electron chi connectivity index (χ0n) is 16.4. The van der Waals surface area contributed by atoms with Crippen molar-refractivity contribution in [3.63, 3.8) is 0 Å². The Labute approximate surface area is 165 Å². The summed E-state index contributed by atoms with van der Waals surface area (Å²) in [6.45, 7) is 6.51. The van der Waals surface area contributed by atoms with Crippen LogP contribution in [0.4, 0.5) is 11.4 Å². The fourth-order valence-electron chi connectivity index (χ4n) is 2.68. The summed E-state index contributed by atoms with van der Waals surface area (Å²) in [5, 5.41) is 6.19. The second kappa shape index (κ2) is 9.04. The van der Waals surface area contributed by atoms with Crippen LogP contribution in [0.15, 0.2) is 67.0 Å². The maximum absolute atomic E-state index is 12.4. The van der Waals surface area contributed by atoms with Gasteiger partial charge in [0.15, 0.2) is 0 Å². The summed E-state index contributed by atoms with van der Waals surface area (Å²) in [5.41, 5.74) is 4.42. The smallest absolute Gasteiger partial charge is 0.253 e. The first-order chi connectivity index (χ1) is 13.5. The van der Waals surface area contributed by atoms with Gasteiger partial charge in [0.25, 0.3) is 5.91 Å². The summed E-state index contributed by atoms with van der Waals surface area (Å²) in [4.78, 5) is 16.6. The number of ether oxygens (including phenoxy) is 1. The van der Waals surface area contributed by atoms with Gasteiger partial charge in [-0.25, -0.2) is 0 Å². The van der Waals surface area contributed by atoms with Gasteiger partial charge in [0.2, 0.25) is 0 Å². The highest BCUT2D eigenvalue weighted by molar-refractivity contribution is 5.94. The number of anilines is 2. The number of amides is 1. The molecular formula is C23H25N3O2. The molecule has 3 aromatic rings. The number of hydrogen-bond donors (Lipinski definition) is 2. The lowest BCUT2D eigenvalue weighted by molar-refractivity contribution is 0.0950. The van der Waals surface area contributed by atoms with Crippen LogP contribution >= 0.6 is 0 Å². The number of carbonyl (C=O) groups excluding carboxylic acids is 1. The van der Waals surface area contributed by atoms with E-state index in [0.29, 0.717) is 12.1 Å². The van der Waals surface area contributed by atoms with Crippen molar-refractivity contribution in [3.8, 4) is 5.75 Å². The predicted molar refractivity (Wildman–Crippen MR) is 112 cm³/mol. The van der Waals surface area contributed by atoms with Crippen LogP contribution in [-0.2, 0) is 6.54 Å². The summed E-state index contributed by atoms with van der Waals surface area (Å²) in [7, 11) is 0. The molecule has 1 aromatic heterocycles. The van der Waals surface area contributed by atoms with E-state index in [0.717, 1.165) is 22.7 Å². The van der Waals surface area contributed by atoms with Gasteiger partial charge >= 0.3 is 0 Å². The van der Waals surface area contributed by atoms with Gasteiger partial charge in [0.05, 0.1) is 23.6 Å². The van der Waals surface area contributed by atoms with E-state index in [9.17, 15) is 4.79 Å². The lowest BCUT2D eigenvalue weighted by Crippen LogP contribution is -2.23. The minimum atomic E-state index is -0.155. The highest BCUT2D eigenvalue weighted by atomic mass is 16.5. The molecule has 0 atom stereocenters. The average Bonchev–Trinajstić information content (AvgIpc) is 2.69. The molecule has 0 fully saturated rings. The Bertz CT molecular complexity index is 919. The third-order valence-corrected chi connectivity index (χ3v) is 4.09. The van der Waals surface area contributed by atoms with E-state index in [-0.39, 0.29) is 12.0 Å². The topological polar surface area (TPSA) is 63.2 Å². The SMILES string of the molecule is Cc1ccc(CNC(=O)c2cncc(Nc3ccc(OC(C)C)cc3)c2)cc1. The van der Waals surface area contributed by atoms with Gasteiger partial charge in [0.1, 0.15) is 5.75 Å². The second-order valence-electron chi connectivity index (χ2n) is 6.95. The van der Waals surface area contributed by atoms with Gasteiger partial charge in [-0.1, -0.05) is 29.8 Å². The number of aromatic nitrogens is 1. The number of pyridine rings is 1. The Balaban J connectivity index is 1.61. The lowest BCUT2D eigenvalue weighted by atomic mass is 10.1. The molecule has 2 aromatic carbocycles. The molecule has 0 aliphatic rings. The zero-order chi connectivity index (χ0) is 19.9. The maximum Gasteiger partial charge on any atom is 0.253 e. The maximum atomic E-state index is 12.4. The number of hydrogen-bond acceptors (Lipinski definition) is 4. The predicted octanol–water partition coefficient (Wildman–Crippen LogP) is 4.85. The van der Waals surface area contributed by atoms with Crippen molar-refractivity contribution in [1.82, 2.24) is 10.3 Å².